The lowest BCUT2D eigenvalue weighted by molar-refractivity contribution is 0.248. The number of anilines is 3. The molecular weight excluding hydrogens is 386 g/mol. The fourth-order valence-electron chi connectivity index (χ4n) is 4.05. The van der Waals surface area contributed by atoms with Gasteiger partial charge in [0, 0.05) is 51.1 Å². The normalized spacial score (nSPS) is 17.4. The number of nitrogens with one attached hydrogen (secondary N) is 1. The van der Waals surface area contributed by atoms with Crippen LogP contribution in [0.2, 0.25) is 0 Å². The van der Waals surface area contributed by atoms with Crippen molar-refractivity contribution in [2.45, 2.75) is 25.8 Å². The molecule has 2 heterocycles. The first-order chi connectivity index (χ1) is 14.5. The number of benzene rings is 2. The average Bonchev–Trinajstić information content (AvgIpc) is 3.46. The van der Waals surface area contributed by atoms with Crippen molar-refractivity contribution in [1.82, 2.24) is 19.7 Å². The maximum atomic E-state index is 13.5. The van der Waals surface area contributed by atoms with Crippen molar-refractivity contribution in [2.75, 3.05) is 36.4 Å². The number of piperazine rings is 1. The molecule has 0 bridgehead atoms. The van der Waals surface area contributed by atoms with E-state index in [1.165, 1.54) is 41.7 Å². The van der Waals surface area contributed by atoms with Crippen LogP contribution in [0.25, 0.3) is 5.69 Å². The van der Waals surface area contributed by atoms with Crippen LogP contribution < -0.4 is 10.2 Å². The van der Waals surface area contributed by atoms with E-state index in [1.54, 1.807) is 0 Å². The lowest BCUT2D eigenvalue weighted by Gasteiger charge is -2.36. The van der Waals surface area contributed by atoms with Gasteiger partial charge in [-0.15, -0.1) is 5.10 Å². The van der Waals surface area contributed by atoms with Gasteiger partial charge in [0.05, 0.1) is 5.69 Å². The average molecular weight is 412 g/mol. The van der Waals surface area contributed by atoms with Crippen molar-refractivity contribution in [2.24, 2.45) is 0 Å². The number of aromatic nitrogens is 3. The summed E-state index contributed by atoms with van der Waals surface area (Å²) in [6.45, 7) is 6.33. The maximum Gasteiger partial charge on any atom is 0.246 e. The molecule has 2 aromatic carbocycles. The van der Waals surface area contributed by atoms with Crippen LogP contribution >= 0.6 is 0 Å². The third-order valence-electron chi connectivity index (χ3n) is 5.66. The maximum absolute atomic E-state index is 13.5. The van der Waals surface area contributed by atoms with Gasteiger partial charge in [0.1, 0.15) is 18.0 Å². The molecular formula is C22H26F2N6. The van der Waals surface area contributed by atoms with Crippen LogP contribution in [-0.2, 0) is 0 Å². The second-order valence-corrected chi connectivity index (χ2v) is 8.08. The first kappa shape index (κ1) is 19.0. The Morgan fingerprint density at radius 1 is 0.933 bits per heavy atom. The highest BCUT2D eigenvalue weighted by Gasteiger charge is 2.31. The Kier molecular flexibility index (Phi) is 4.86. The highest BCUT2D eigenvalue weighted by atomic mass is 19.1. The summed E-state index contributed by atoms with van der Waals surface area (Å²) in [5, 5.41) is 7.52. The van der Waals surface area contributed by atoms with Gasteiger partial charge in [0.2, 0.25) is 5.95 Å². The molecule has 1 aromatic heterocycles. The number of rotatable bonds is 5. The Balaban J connectivity index is 0.00000231. The van der Waals surface area contributed by atoms with Crippen molar-refractivity contribution in [3.8, 4) is 5.69 Å². The summed E-state index contributed by atoms with van der Waals surface area (Å²) in [6.07, 6.45) is 4.13. The Bertz CT molecular complexity index is 1040. The van der Waals surface area contributed by atoms with Crippen molar-refractivity contribution in [1.29, 1.82) is 0 Å². The predicted octanol–water partition coefficient (Wildman–Crippen LogP) is 4.13. The fourth-order valence-corrected chi connectivity index (χ4v) is 4.05. The number of hydrogen-bond donors (Lipinski definition) is 1. The number of aryl methyl sites for hydroxylation is 1. The minimum absolute atomic E-state index is 0. The topological polar surface area (TPSA) is 49.2 Å². The van der Waals surface area contributed by atoms with Crippen LogP contribution in [0.3, 0.4) is 0 Å². The van der Waals surface area contributed by atoms with E-state index >= 15 is 0 Å². The molecule has 5 rings (SSSR count). The fraction of sp³-hybridized carbons (Fsp3) is 0.364. The van der Waals surface area contributed by atoms with Crippen LogP contribution in [0.5, 0.6) is 0 Å². The monoisotopic (exact) mass is 412 g/mol. The van der Waals surface area contributed by atoms with Crippen LogP contribution in [-0.4, -0.2) is 51.9 Å². The van der Waals surface area contributed by atoms with Crippen molar-refractivity contribution in [3.05, 3.63) is 59.9 Å². The van der Waals surface area contributed by atoms with E-state index in [2.05, 4.69) is 44.3 Å². The van der Waals surface area contributed by atoms with Crippen LogP contribution in [0, 0.1) is 18.6 Å². The zero-order chi connectivity index (χ0) is 20.7. The SMILES string of the molecule is Cc1cc(Nc2ncn(-c3cc(F)cc(F)c3)n2)cc(N2CCN(C3CC3)CC2)c1.[HH]. The highest BCUT2D eigenvalue weighted by Crippen LogP contribution is 2.30. The standard InChI is InChI=1S/C22H24F2N6.H2/c1-15-8-18(13-20(9-15)29-6-4-28(5-7-29)19-2-3-19)26-22-25-14-30(27-22)21-11-16(23)10-17(24)12-21;/h8-14,19H,2-7H2,1H3,(H,26,27);1H. The smallest absolute Gasteiger partial charge is 0.246 e. The molecule has 1 saturated carbocycles. The van der Waals surface area contributed by atoms with Crippen molar-refractivity contribution >= 4 is 17.3 Å². The summed E-state index contributed by atoms with van der Waals surface area (Å²) in [4.78, 5) is 9.24. The predicted molar refractivity (Wildman–Crippen MR) is 115 cm³/mol. The molecule has 2 aliphatic rings. The quantitative estimate of drug-likeness (QED) is 0.683. The van der Waals surface area contributed by atoms with Gasteiger partial charge in [-0.25, -0.2) is 13.5 Å². The Morgan fingerprint density at radius 2 is 1.67 bits per heavy atom. The van der Waals surface area contributed by atoms with Gasteiger partial charge in [-0.05, 0) is 55.7 Å². The minimum Gasteiger partial charge on any atom is -0.369 e. The molecule has 8 heteroatoms. The molecule has 0 unspecified atom stereocenters. The molecule has 30 heavy (non-hydrogen) atoms. The molecule has 1 aliphatic heterocycles. The van der Waals surface area contributed by atoms with Gasteiger partial charge in [-0.3, -0.25) is 4.90 Å². The summed E-state index contributed by atoms with van der Waals surface area (Å²) in [7, 11) is 0. The number of halogens is 2. The second-order valence-electron chi connectivity index (χ2n) is 8.08. The molecule has 1 N–H and O–H groups in total. The van der Waals surface area contributed by atoms with Gasteiger partial charge >= 0.3 is 0 Å². The van der Waals surface area contributed by atoms with Crippen LogP contribution in [0.15, 0.2) is 42.7 Å². The van der Waals surface area contributed by atoms with E-state index in [4.69, 9.17) is 0 Å². The molecule has 0 spiro atoms. The zero-order valence-electron chi connectivity index (χ0n) is 16.9. The molecule has 0 radical (unpaired) electrons. The summed E-state index contributed by atoms with van der Waals surface area (Å²) in [5.74, 6) is -0.935. The lowest BCUT2D eigenvalue weighted by Crippen LogP contribution is -2.47. The Hall–Kier alpha value is -3.00. The lowest BCUT2D eigenvalue weighted by atomic mass is 10.1. The minimum atomic E-state index is -0.653. The number of nitrogens with zero attached hydrogens (tertiary/aromatic N) is 5. The highest BCUT2D eigenvalue weighted by molar-refractivity contribution is 5.64. The van der Waals surface area contributed by atoms with Crippen molar-refractivity contribution in [3.63, 3.8) is 0 Å². The van der Waals surface area contributed by atoms with Gasteiger partial charge in [0.15, 0.2) is 0 Å². The Morgan fingerprint density at radius 3 is 2.37 bits per heavy atom. The van der Waals surface area contributed by atoms with E-state index in [0.717, 1.165) is 49.5 Å². The third kappa shape index (κ3) is 4.14. The first-order valence-electron chi connectivity index (χ1n) is 10.3. The van der Waals surface area contributed by atoms with Crippen molar-refractivity contribution < 1.29 is 10.2 Å². The largest absolute Gasteiger partial charge is 0.369 e. The van der Waals surface area contributed by atoms with Gasteiger partial charge < -0.3 is 10.2 Å². The summed E-state index contributed by atoms with van der Waals surface area (Å²) < 4.78 is 28.3. The van der Waals surface area contributed by atoms with E-state index < -0.39 is 11.6 Å². The van der Waals surface area contributed by atoms with Crippen LogP contribution in [0.4, 0.5) is 26.1 Å². The third-order valence-corrected chi connectivity index (χ3v) is 5.66. The van der Waals surface area contributed by atoms with Gasteiger partial charge in [-0.2, -0.15) is 4.98 Å². The first-order valence-corrected chi connectivity index (χ1v) is 10.3. The van der Waals surface area contributed by atoms with E-state index in [0.29, 0.717) is 5.95 Å². The van der Waals surface area contributed by atoms with E-state index in [-0.39, 0.29) is 7.11 Å². The van der Waals surface area contributed by atoms with Gasteiger partial charge in [-0.1, -0.05) is 0 Å². The molecule has 1 aliphatic carbocycles. The van der Waals surface area contributed by atoms with E-state index in [1.807, 2.05) is 6.07 Å². The zero-order valence-corrected chi connectivity index (χ0v) is 16.9. The summed E-state index contributed by atoms with van der Waals surface area (Å²) in [6, 6.07) is 10.4. The molecule has 6 nitrogen and oxygen atoms in total. The molecule has 0 atom stereocenters. The summed E-state index contributed by atoms with van der Waals surface area (Å²) >= 11 is 0. The molecule has 158 valence electrons. The molecule has 1 saturated heterocycles. The number of hydrogen-bond acceptors (Lipinski definition) is 5. The Labute approximate surface area is 175 Å². The van der Waals surface area contributed by atoms with Crippen LogP contribution in [0.1, 0.15) is 19.8 Å². The summed E-state index contributed by atoms with van der Waals surface area (Å²) in [5.41, 5.74) is 3.50. The molecule has 3 aromatic rings. The molecule has 2 fully saturated rings. The van der Waals surface area contributed by atoms with E-state index in [9.17, 15) is 8.78 Å². The van der Waals surface area contributed by atoms with Gasteiger partial charge in [0.25, 0.3) is 0 Å². The second kappa shape index (κ2) is 7.68. The molecule has 0 amide bonds.